The van der Waals surface area contributed by atoms with Crippen molar-refractivity contribution in [2.75, 3.05) is 26.2 Å². The molecule has 0 radical (unpaired) electrons. The minimum absolute atomic E-state index is 0.196. The molecule has 0 bridgehead atoms. The van der Waals surface area contributed by atoms with Crippen LogP contribution in [0.1, 0.15) is 30.9 Å². The fourth-order valence-corrected chi connectivity index (χ4v) is 2.33. The van der Waals surface area contributed by atoms with Crippen LogP contribution in [0.5, 0.6) is 0 Å². The van der Waals surface area contributed by atoms with Crippen molar-refractivity contribution in [2.45, 2.75) is 26.2 Å². The molecule has 4 nitrogen and oxygen atoms in total. The Morgan fingerprint density at radius 2 is 1.75 bits per heavy atom. The van der Waals surface area contributed by atoms with Crippen LogP contribution in [0, 0.1) is 0 Å². The first kappa shape index (κ1) is 14.7. The summed E-state index contributed by atoms with van der Waals surface area (Å²) in [5.74, 6) is -0.189. The van der Waals surface area contributed by atoms with E-state index in [9.17, 15) is 9.59 Å². The summed E-state index contributed by atoms with van der Waals surface area (Å²) in [5.41, 5.74) is 2.15. The fraction of sp³-hybridized carbons (Fsp3) is 0.500. The van der Waals surface area contributed by atoms with Gasteiger partial charge in [0, 0.05) is 32.6 Å². The zero-order chi connectivity index (χ0) is 14.5. The lowest BCUT2D eigenvalue weighted by atomic mass is 10.00. The van der Waals surface area contributed by atoms with E-state index in [2.05, 4.69) is 19.2 Å². The van der Waals surface area contributed by atoms with Crippen molar-refractivity contribution >= 4 is 11.7 Å². The second kappa shape index (κ2) is 6.66. The molecule has 0 aromatic heterocycles. The summed E-state index contributed by atoms with van der Waals surface area (Å²) in [6, 6.07) is 7.95. The van der Waals surface area contributed by atoms with E-state index in [1.807, 2.05) is 24.3 Å². The molecule has 1 saturated heterocycles. The molecule has 0 saturated carbocycles. The van der Waals surface area contributed by atoms with Gasteiger partial charge in [-0.25, -0.2) is 0 Å². The van der Waals surface area contributed by atoms with Crippen molar-refractivity contribution in [2.24, 2.45) is 0 Å². The van der Waals surface area contributed by atoms with Crippen LogP contribution in [-0.4, -0.2) is 42.8 Å². The highest BCUT2D eigenvalue weighted by atomic mass is 16.2. The monoisotopic (exact) mass is 274 g/mol. The fourth-order valence-electron chi connectivity index (χ4n) is 2.33. The van der Waals surface area contributed by atoms with Crippen molar-refractivity contribution in [1.29, 1.82) is 0 Å². The number of carbonyl (C=O) groups is 2. The van der Waals surface area contributed by atoms with Crippen LogP contribution in [-0.2, 0) is 16.0 Å². The number of nitrogens with one attached hydrogen (secondary N) is 1. The van der Waals surface area contributed by atoms with E-state index >= 15 is 0 Å². The first-order chi connectivity index (χ1) is 9.58. The Labute approximate surface area is 120 Å². The maximum atomic E-state index is 12.0. The van der Waals surface area contributed by atoms with Crippen molar-refractivity contribution in [3.8, 4) is 0 Å². The van der Waals surface area contributed by atoms with Crippen molar-refractivity contribution < 1.29 is 9.59 Å². The second-order valence-electron chi connectivity index (χ2n) is 5.54. The third-order valence-corrected chi connectivity index (χ3v) is 3.65. The predicted molar refractivity (Wildman–Crippen MR) is 78.7 cm³/mol. The molecule has 20 heavy (non-hydrogen) atoms. The van der Waals surface area contributed by atoms with Crippen LogP contribution in [0.15, 0.2) is 24.3 Å². The van der Waals surface area contributed by atoms with Crippen LogP contribution in [0.25, 0.3) is 0 Å². The van der Waals surface area contributed by atoms with E-state index in [0.717, 1.165) is 18.7 Å². The maximum absolute atomic E-state index is 12.0. The number of Topliss-reactive ketones (excluding diaryl/α,β-unsaturated/α-hetero) is 1. The molecule has 1 heterocycles. The second-order valence-corrected chi connectivity index (χ2v) is 5.54. The van der Waals surface area contributed by atoms with Crippen LogP contribution in [0.3, 0.4) is 0 Å². The summed E-state index contributed by atoms with van der Waals surface area (Å²) >= 11 is 0. The molecule has 0 atom stereocenters. The van der Waals surface area contributed by atoms with E-state index < -0.39 is 0 Å². The van der Waals surface area contributed by atoms with E-state index in [-0.39, 0.29) is 18.1 Å². The maximum Gasteiger partial charge on any atom is 0.290 e. The topological polar surface area (TPSA) is 49.4 Å². The van der Waals surface area contributed by atoms with Gasteiger partial charge >= 0.3 is 0 Å². The Hall–Kier alpha value is -1.68. The molecule has 0 spiro atoms. The average Bonchev–Trinajstić information content (AvgIpc) is 2.48. The zero-order valence-electron chi connectivity index (χ0n) is 12.2. The van der Waals surface area contributed by atoms with Crippen LogP contribution >= 0.6 is 0 Å². The number of ketones is 1. The molecule has 0 aliphatic carbocycles. The molecule has 108 valence electrons. The summed E-state index contributed by atoms with van der Waals surface area (Å²) in [5, 5.41) is 3.17. The highest BCUT2D eigenvalue weighted by Crippen LogP contribution is 2.15. The number of amides is 1. The van der Waals surface area contributed by atoms with Gasteiger partial charge in [-0.3, -0.25) is 9.59 Å². The molecule has 1 aromatic rings. The Morgan fingerprint density at radius 3 is 2.30 bits per heavy atom. The SMILES string of the molecule is CC(C)c1ccc(CC(=O)C(=O)N2CCNCC2)cc1. The predicted octanol–water partition coefficient (Wildman–Crippen LogP) is 1.35. The molecule has 2 rings (SSSR count). The van der Waals surface area contributed by atoms with E-state index in [1.54, 1.807) is 4.90 Å². The Balaban J connectivity index is 1.94. The van der Waals surface area contributed by atoms with Gasteiger partial charge in [-0.1, -0.05) is 38.1 Å². The lowest BCUT2D eigenvalue weighted by molar-refractivity contribution is -0.144. The summed E-state index contributed by atoms with van der Waals surface area (Å²) in [6.07, 6.45) is 0.196. The van der Waals surface area contributed by atoms with Crippen molar-refractivity contribution in [3.63, 3.8) is 0 Å². The molecule has 1 N–H and O–H groups in total. The lowest BCUT2D eigenvalue weighted by Gasteiger charge is -2.26. The minimum Gasteiger partial charge on any atom is -0.334 e. The average molecular weight is 274 g/mol. The van der Waals surface area contributed by atoms with Crippen LogP contribution in [0.2, 0.25) is 0 Å². The van der Waals surface area contributed by atoms with Crippen LogP contribution < -0.4 is 5.32 Å². The van der Waals surface area contributed by atoms with Crippen molar-refractivity contribution in [1.82, 2.24) is 10.2 Å². The summed E-state index contributed by atoms with van der Waals surface area (Å²) in [4.78, 5) is 25.7. The number of piperazine rings is 1. The van der Waals surface area contributed by atoms with Gasteiger partial charge in [0.25, 0.3) is 5.91 Å². The van der Waals surface area contributed by atoms with Gasteiger partial charge in [0.1, 0.15) is 0 Å². The normalized spacial score (nSPS) is 15.4. The van der Waals surface area contributed by atoms with Gasteiger partial charge in [0.15, 0.2) is 0 Å². The van der Waals surface area contributed by atoms with Gasteiger partial charge < -0.3 is 10.2 Å². The summed E-state index contributed by atoms with van der Waals surface area (Å²) in [7, 11) is 0. The molecule has 1 aliphatic rings. The van der Waals surface area contributed by atoms with Gasteiger partial charge in [0.2, 0.25) is 5.78 Å². The standard InChI is InChI=1S/C16H22N2O2/c1-12(2)14-5-3-13(4-6-14)11-15(19)16(20)18-9-7-17-8-10-18/h3-6,12,17H,7-11H2,1-2H3. The molecular weight excluding hydrogens is 252 g/mol. The highest BCUT2D eigenvalue weighted by Gasteiger charge is 2.22. The number of benzene rings is 1. The smallest absolute Gasteiger partial charge is 0.290 e. The largest absolute Gasteiger partial charge is 0.334 e. The molecule has 1 aliphatic heterocycles. The minimum atomic E-state index is -0.348. The third kappa shape index (κ3) is 3.67. The molecule has 4 heteroatoms. The van der Waals surface area contributed by atoms with Crippen LogP contribution in [0.4, 0.5) is 0 Å². The molecule has 1 amide bonds. The van der Waals surface area contributed by atoms with E-state index in [0.29, 0.717) is 19.0 Å². The number of nitrogens with zero attached hydrogens (tertiary/aromatic N) is 1. The number of hydrogen-bond acceptors (Lipinski definition) is 3. The molecular formula is C16H22N2O2. The lowest BCUT2D eigenvalue weighted by Crippen LogP contribution is -2.49. The highest BCUT2D eigenvalue weighted by molar-refractivity contribution is 6.36. The Kier molecular flexibility index (Phi) is 4.90. The third-order valence-electron chi connectivity index (χ3n) is 3.65. The van der Waals surface area contributed by atoms with Gasteiger partial charge in [-0.05, 0) is 17.0 Å². The van der Waals surface area contributed by atoms with Gasteiger partial charge in [0.05, 0.1) is 0 Å². The van der Waals surface area contributed by atoms with E-state index in [1.165, 1.54) is 5.56 Å². The Morgan fingerprint density at radius 1 is 1.15 bits per heavy atom. The number of rotatable bonds is 4. The first-order valence-corrected chi connectivity index (χ1v) is 7.19. The van der Waals surface area contributed by atoms with Gasteiger partial charge in [-0.2, -0.15) is 0 Å². The summed E-state index contributed by atoms with van der Waals surface area (Å²) < 4.78 is 0. The van der Waals surface area contributed by atoms with Gasteiger partial charge in [-0.15, -0.1) is 0 Å². The molecule has 1 fully saturated rings. The van der Waals surface area contributed by atoms with Crippen molar-refractivity contribution in [3.05, 3.63) is 35.4 Å². The molecule has 0 unspecified atom stereocenters. The number of carbonyl (C=O) groups excluding carboxylic acids is 2. The van der Waals surface area contributed by atoms with E-state index in [4.69, 9.17) is 0 Å². The number of hydrogen-bond donors (Lipinski definition) is 1. The quantitative estimate of drug-likeness (QED) is 0.843. The molecule has 1 aromatic carbocycles. The Bertz CT molecular complexity index is 474. The zero-order valence-corrected chi connectivity index (χ0v) is 12.2. The summed E-state index contributed by atoms with van der Waals surface area (Å²) in [6.45, 7) is 7.04. The first-order valence-electron chi connectivity index (χ1n) is 7.19.